The van der Waals surface area contributed by atoms with Gasteiger partial charge in [0.15, 0.2) is 0 Å². The first-order chi connectivity index (χ1) is 10.1. The second-order valence-electron chi connectivity index (χ2n) is 5.32. The summed E-state index contributed by atoms with van der Waals surface area (Å²) in [6, 6.07) is 2.10. The summed E-state index contributed by atoms with van der Waals surface area (Å²) in [7, 11) is 1.81. The van der Waals surface area contributed by atoms with Crippen LogP contribution in [0.15, 0.2) is 12.4 Å². The fourth-order valence-electron chi connectivity index (χ4n) is 2.56. The fraction of sp³-hybridized carbons (Fsp3) is 0.538. The number of carbonyl (C=O) groups excluding carboxylic acids is 1. The molecule has 21 heavy (non-hydrogen) atoms. The Morgan fingerprint density at radius 3 is 3.14 bits per heavy atom. The quantitative estimate of drug-likeness (QED) is 0.818. The third-order valence-electron chi connectivity index (χ3n) is 3.63. The van der Waals surface area contributed by atoms with Gasteiger partial charge in [0.25, 0.3) is 0 Å². The summed E-state index contributed by atoms with van der Waals surface area (Å²) in [5.41, 5.74) is 0.881. The summed E-state index contributed by atoms with van der Waals surface area (Å²) in [5, 5.41) is 14.5. The van der Waals surface area contributed by atoms with Crippen molar-refractivity contribution in [2.24, 2.45) is 7.05 Å². The van der Waals surface area contributed by atoms with E-state index < -0.39 is 0 Å². The highest BCUT2D eigenvalue weighted by Gasteiger charge is 2.20. The molecule has 0 unspecified atom stereocenters. The van der Waals surface area contributed by atoms with Crippen LogP contribution in [0.3, 0.4) is 0 Å². The minimum Gasteiger partial charge on any atom is -0.310 e. The van der Waals surface area contributed by atoms with Crippen molar-refractivity contribution in [3.63, 3.8) is 0 Å². The van der Waals surface area contributed by atoms with Gasteiger partial charge >= 0.3 is 0 Å². The molecule has 8 nitrogen and oxygen atoms in total. The molecule has 0 aliphatic carbocycles. The van der Waals surface area contributed by atoms with Gasteiger partial charge < -0.3 is 10.6 Å². The predicted molar refractivity (Wildman–Crippen MR) is 76.7 cm³/mol. The molecule has 1 amide bonds. The van der Waals surface area contributed by atoms with Crippen LogP contribution in [0.4, 0.5) is 5.82 Å². The summed E-state index contributed by atoms with van der Waals surface area (Å²) in [4.78, 5) is 16.2. The molecule has 0 spiro atoms. The second-order valence-corrected chi connectivity index (χ2v) is 5.32. The van der Waals surface area contributed by atoms with Crippen LogP contribution in [0.25, 0.3) is 0 Å². The van der Waals surface area contributed by atoms with Gasteiger partial charge in [-0.15, -0.1) is 0 Å². The van der Waals surface area contributed by atoms with Crippen LogP contribution in [-0.4, -0.2) is 43.0 Å². The molecular weight excluding hydrogens is 270 g/mol. The average Bonchev–Trinajstić information content (AvgIpc) is 3.02. The first-order valence-electron chi connectivity index (χ1n) is 7.02. The number of rotatable bonds is 4. The molecule has 0 bridgehead atoms. The topological polar surface area (TPSA) is 89.7 Å². The zero-order valence-electron chi connectivity index (χ0n) is 12.2. The van der Waals surface area contributed by atoms with Gasteiger partial charge in [-0.3, -0.25) is 9.48 Å². The summed E-state index contributed by atoms with van der Waals surface area (Å²) in [5.74, 6) is 1.66. The van der Waals surface area contributed by atoms with Crippen LogP contribution in [0.5, 0.6) is 0 Å². The normalized spacial score (nSPS) is 17.5. The molecule has 8 heteroatoms. The maximum absolute atomic E-state index is 12.0. The van der Waals surface area contributed by atoms with E-state index in [1.54, 1.807) is 11.0 Å². The van der Waals surface area contributed by atoms with E-state index in [1.165, 1.54) is 0 Å². The standard InChI is InChI=1S/C13H19N7O/c1-9-5-12(19(2)18-9)17-13(21)6-14-10-3-4-11-15-8-16-20(11)7-10/h5,8,10,14H,3-4,6-7H2,1-2H3,(H,17,21)/t10-/m1/s1. The van der Waals surface area contributed by atoms with Crippen LogP contribution in [-0.2, 0) is 24.8 Å². The van der Waals surface area contributed by atoms with Crippen molar-refractivity contribution in [1.82, 2.24) is 29.9 Å². The summed E-state index contributed by atoms with van der Waals surface area (Å²) in [6.45, 7) is 2.93. The number of nitrogens with one attached hydrogen (secondary N) is 2. The molecule has 0 aromatic carbocycles. The second kappa shape index (κ2) is 5.65. The van der Waals surface area contributed by atoms with Gasteiger partial charge in [0.05, 0.1) is 18.8 Å². The van der Waals surface area contributed by atoms with Gasteiger partial charge in [-0.25, -0.2) is 9.67 Å². The molecule has 1 aliphatic heterocycles. The van der Waals surface area contributed by atoms with Gasteiger partial charge in [-0.1, -0.05) is 0 Å². The third kappa shape index (κ3) is 3.10. The number of carbonyl (C=O) groups is 1. The lowest BCUT2D eigenvalue weighted by atomic mass is 10.1. The average molecular weight is 289 g/mol. The maximum Gasteiger partial charge on any atom is 0.239 e. The highest BCUT2D eigenvalue weighted by atomic mass is 16.2. The monoisotopic (exact) mass is 289 g/mol. The molecule has 3 rings (SSSR count). The molecule has 0 radical (unpaired) electrons. The molecule has 1 aliphatic rings. The Morgan fingerprint density at radius 1 is 1.52 bits per heavy atom. The number of aromatic nitrogens is 5. The molecule has 0 saturated heterocycles. The molecule has 112 valence electrons. The van der Waals surface area contributed by atoms with Gasteiger partial charge in [0.2, 0.25) is 5.91 Å². The number of nitrogens with zero attached hydrogens (tertiary/aromatic N) is 5. The van der Waals surface area contributed by atoms with Crippen LogP contribution in [0.1, 0.15) is 17.9 Å². The SMILES string of the molecule is Cc1cc(NC(=O)CN[C@@H]2CCc3ncnn3C2)n(C)n1. The Bertz CT molecular complexity index is 645. The number of anilines is 1. The highest BCUT2D eigenvalue weighted by Crippen LogP contribution is 2.11. The minimum absolute atomic E-state index is 0.0672. The smallest absolute Gasteiger partial charge is 0.239 e. The fourth-order valence-corrected chi connectivity index (χ4v) is 2.56. The van der Waals surface area contributed by atoms with E-state index in [2.05, 4.69) is 25.8 Å². The maximum atomic E-state index is 12.0. The Kier molecular flexibility index (Phi) is 3.70. The number of amides is 1. The van der Waals surface area contributed by atoms with E-state index in [0.717, 1.165) is 30.9 Å². The van der Waals surface area contributed by atoms with Crippen LogP contribution < -0.4 is 10.6 Å². The molecule has 2 aromatic rings. The Labute approximate surface area is 122 Å². The van der Waals surface area contributed by atoms with E-state index in [4.69, 9.17) is 0 Å². The molecule has 1 atom stereocenters. The summed E-state index contributed by atoms with van der Waals surface area (Å²) in [6.07, 6.45) is 3.44. The summed E-state index contributed by atoms with van der Waals surface area (Å²) >= 11 is 0. The molecule has 0 fully saturated rings. The van der Waals surface area contributed by atoms with Crippen molar-refractivity contribution in [3.05, 3.63) is 23.9 Å². The zero-order valence-corrected chi connectivity index (χ0v) is 12.2. The lowest BCUT2D eigenvalue weighted by Crippen LogP contribution is -2.41. The Balaban J connectivity index is 1.49. The molecular formula is C13H19N7O. The molecule has 0 saturated carbocycles. The molecule has 2 aromatic heterocycles. The largest absolute Gasteiger partial charge is 0.310 e. The van der Waals surface area contributed by atoms with E-state index >= 15 is 0 Å². The van der Waals surface area contributed by atoms with E-state index in [-0.39, 0.29) is 18.5 Å². The van der Waals surface area contributed by atoms with Crippen molar-refractivity contribution < 1.29 is 4.79 Å². The lowest BCUT2D eigenvalue weighted by molar-refractivity contribution is -0.115. The van der Waals surface area contributed by atoms with Crippen molar-refractivity contribution in [2.75, 3.05) is 11.9 Å². The van der Waals surface area contributed by atoms with Crippen molar-refractivity contribution in [1.29, 1.82) is 0 Å². The van der Waals surface area contributed by atoms with Gasteiger partial charge in [0, 0.05) is 25.6 Å². The van der Waals surface area contributed by atoms with Gasteiger partial charge in [-0.05, 0) is 13.3 Å². The zero-order chi connectivity index (χ0) is 14.8. The Morgan fingerprint density at radius 2 is 2.38 bits per heavy atom. The van der Waals surface area contributed by atoms with Gasteiger partial charge in [-0.2, -0.15) is 10.2 Å². The lowest BCUT2D eigenvalue weighted by Gasteiger charge is -2.23. The molecule has 2 N–H and O–H groups in total. The summed E-state index contributed by atoms with van der Waals surface area (Å²) < 4.78 is 3.55. The number of fused-ring (bicyclic) bond motifs is 1. The minimum atomic E-state index is -0.0672. The van der Waals surface area contributed by atoms with Gasteiger partial charge in [0.1, 0.15) is 18.0 Å². The first-order valence-corrected chi connectivity index (χ1v) is 7.02. The number of aryl methyl sites for hydroxylation is 3. The van der Waals surface area contributed by atoms with Crippen molar-refractivity contribution in [2.45, 2.75) is 32.4 Å². The van der Waals surface area contributed by atoms with Crippen molar-refractivity contribution in [3.8, 4) is 0 Å². The van der Waals surface area contributed by atoms with Crippen molar-refractivity contribution >= 4 is 11.7 Å². The van der Waals surface area contributed by atoms with Crippen LogP contribution >= 0.6 is 0 Å². The van der Waals surface area contributed by atoms with E-state index in [0.29, 0.717) is 5.82 Å². The van der Waals surface area contributed by atoms with E-state index in [9.17, 15) is 4.79 Å². The van der Waals surface area contributed by atoms with E-state index in [1.807, 2.05) is 24.7 Å². The number of hydrogen-bond donors (Lipinski definition) is 2. The molecule has 3 heterocycles. The van der Waals surface area contributed by atoms with Crippen LogP contribution in [0, 0.1) is 6.92 Å². The third-order valence-corrected chi connectivity index (χ3v) is 3.63. The first kappa shape index (κ1) is 13.7. The van der Waals surface area contributed by atoms with Crippen LogP contribution in [0.2, 0.25) is 0 Å². The Hall–Kier alpha value is -2.22. The number of hydrogen-bond acceptors (Lipinski definition) is 5. The highest BCUT2D eigenvalue weighted by molar-refractivity contribution is 5.91. The predicted octanol–water partition coefficient (Wildman–Crippen LogP) is -0.137.